The summed E-state index contributed by atoms with van der Waals surface area (Å²) in [7, 11) is 1.19. The fourth-order valence-electron chi connectivity index (χ4n) is 3.50. The number of rotatable bonds is 9. The van der Waals surface area contributed by atoms with E-state index in [-0.39, 0.29) is 46.3 Å². The lowest BCUT2D eigenvalue weighted by Crippen LogP contribution is -2.59. The van der Waals surface area contributed by atoms with Gasteiger partial charge < -0.3 is 30.6 Å². The van der Waals surface area contributed by atoms with E-state index in [9.17, 15) is 32.3 Å². The lowest BCUT2D eigenvalue weighted by Gasteiger charge is -2.40. The lowest BCUT2D eigenvalue weighted by molar-refractivity contribution is -0.154. The Morgan fingerprint density at radius 1 is 1.25 bits per heavy atom. The summed E-state index contributed by atoms with van der Waals surface area (Å²) >= 11 is 5.85. The van der Waals surface area contributed by atoms with E-state index >= 15 is 0 Å². The number of hydrogen-bond donors (Lipinski definition) is 3. The van der Waals surface area contributed by atoms with Crippen LogP contribution < -0.4 is 15.8 Å². The van der Waals surface area contributed by atoms with Crippen molar-refractivity contribution in [3.05, 3.63) is 63.7 Å². The molecule has 2 amide bonds. The van der Waals surface area contributed by atoms with E-state index in [4.69, 9.17) is 17.3 Å². The molecule has 3 rings (SSSR count). The first-order valence-electron chi connectivity index (χ1n) is 10.4. The van der Waals surface area contributed by atoms with Gasteiger partial charge in [0, 0.05) is 23.7 Å². The second-order valence-electron chi connectivity index (χ2n) is 7.64. The molecule has 1 aliphatic heterocycles. The van der Waals surface area contributed by atoms with E-state index in [0.717, 1.165) is 29.2 Å². The molecule has 1 aliphatic rings. The highest BCUT2D eigenvalue weighted by Gasteiger charge is 2.40. The van der Waals surface area contributed by atoms with Gasteiger partial charge >= 0.3 is 6.61 Å². The van der Waals surface area contributed by atoms with Crippen LogP contribution in [0.1, 0.15) is 29.2 Å². The Kier molecular flexibility index (Phi) is 8.58. The van der Waals surface area contributed by atoms with Crippen molar-refractivity contribution < 1.29 is 41.8 Å². The highest BCUT2D eigenvalue weighted by atomic mass is 35.5. The molecule has 0 radical (unpaired) electrons. The molecule has 0 aliphatic carbocycles. The van der Waals surface area contributed by atoms with Crippen LogP contribution in [0.4, 0.5) is 17.6 Å². The summed E-state index contributed by atoms with van der Waals surface area (Å²) in [4.78, 5) is 30.8. The smallest absolute Gasteiger partial charge is 0.387 e. The molecule has 0 spiro atoms. The topological polar surface area (TPSA) is 126 Å². The molecule has 2 aromatic carbocycles. The highest BCUT2D eigenvalue weighted by molar-refractivity contribution is 6.30. The molecule has 14 heteroatoms. The number of aliphatic hydroxyl groups is 1. The maximum atomic E-state index is 14.4. The fourth-order valence-corrected chi connectivity index (χ4v) is 3.74. The van der Waals surface area contributed by atoms with Gasteiger partial charge in [-0.15, -0.1) is 0 Å². The zero-order valence-electron chi connectivity index (χ0n) is 18.7. The molecule has 1 saturated heterocycles. The number of carbonyl (C=O) groups is 2. The second-order valence-corrected chi connectivity index (χ2v) is 8.07. The van der Waals surface area contributed by atoms with Crippen molar-refractivity contribution in [1.29, 1.82) is 0 Å². The SMILES string of the molecule is CO/N=C(\N)c1cc(F)c(CNC(=O)C2CCN2C(=O)[C@H](O)c2cc(Cl)cc(OC(F)F)c2)cc1F. The monoisotopic (exact) mass is 532 g/mol. The Bertz CT molecular complexity index is 1180. The van der Waals surface area contributed by atoms with Gasteiger partial charge in [-0.05, 0) is 42.3 Å². The van der Waals surface area contributed by atoms with Crippen LogP contribution >= 0.6 is 11.6 Å². The van der Waals surface area contributed by atoms with E-state index < -0.39 is 48.8 Å². The second kappa shape index (κ2) is 11.4. The van der Waals surface area contributed by atoms with E-state index in [1.54, 1.807) is 0 Å². The predicted octanol–water partition coefficient (Wildman–Crippen LogP) is 2.44. The Morgan fingerprint density at radius 2 is 1.97 bits per heavy atom. The number of amides is 2. The summed E-state index contributed by atoms with van der Waals surface area (Å²) < 4.78 is 57.9. The first-order chi connectivity index (χ1) is 17.0. The summed E-state index contributed by atoms with van der Waals surface area (Å²) in [5.74, 6) is -4.02. The minimum atomic E-state index is -3.14. The summed E-state index contributed by atoms with van der Waals surface area (Å²) in [5, 5.41) is 16.1. The van der Waals surface area contributed by atoms with Crippen LogP contribution in [0.5, 0.6) is 5.75 Å². The number of oxime groups is 1. The largest absolute Gasteiger partial charge is 0.435 e. The normalized spacial score (nSPS) is 16.4. The maximum Gasteiger partial charge on any atom is 0.387 e. The third kappa shape index (κ3) is 6.15. The molecule has 1 fully saturated rings. The van der Waals surface area contributed by atoms with Gasteiger partial charge in [0.2, 0.25) is 5.91 Å². The minimum Gasteiger partial charge on any atom is -0.435 e. The number of nitrogens with zero attached hydrogens (tertiary/aromatic N) is 2. The van der Waals surface area contributed by atoms with Crippen molar-refractivity contribution in [3.8, 4) is 5.75 Å². The molecule has 0 bridgehead atoms. The average molecular weight is 533 g/mol. The van der Waals surface area contributed by atoms with Crippen LogP contribution in [0, 0.1) is 11.6 Å². The number of benzene rings is 2. The molecule has 0 aromatic heterocycles. The van der Waals surface area contributed by atoms with E-state index in [0.29, 0.717) is 0 Å². The molecule has 2 aromatic rings. The van der Waals surface area contributed by atoms with E-state index in [2.05, 4.69) is 20.0 Å². The Morgan fingerprint density at radius 3 is 2.58 bits per heavy atom. The van der Waals surface area contributed by atoms with Gasteiger partial charge in [0.05, 0.1) is 5.56 Å². The third-order valence-electron chi connectivity index (χ3n) is 5.33. The lowest BCUT2D eigenvalue weighted by atomic mass is 9.98. The highest BCUT2D eigenvalue weighted by Crippen LogP contribution is 2.29. The molecule has 4 N–H and O–H groups in total. The maximum absolute atomic E-state index is 14.4. The van der Waals surface area contributed by atoms with Crippen LogP contribution in [0.2, 0.25) is 5.02 Å². The van der Waals surface area contributed by atoms with Crippen LogP contribution in [0.25, 0.3) is 0 Å². The molecule has 36 heavy (non-hydrogen) atoms. The van der Waals surface area contributed by atoms with Crippen molar-refractivity contribution in [1.82, 2.24) is 10.2 Å². The zero-order chi connectivity index (χ0) is 26.6. The number of nitrogens with one attached hydrogen (secondary N) is 1. The molecule has 2 atom stereocenters. The van der Waals surface area contributed by atoms with Gasteiger partial charge in [0.25, 0.3) is 5.91 Å². The first-order valence-corrected chi connectivity index (χ1v) is 10.8. The van der Waals surface area contributed by atoms with E-state index in [1.165, 1.54) is 13.2 Å². The van der Waals surface area contributed by atoms with Crippen LogP contribution in [-0.4, -0.2) is 54.0 Å². The number of hydrogen-bond acceptors (Lipinski definition) is 6. The molecule has 9 nitrogen and oxygen atoms in total. The summed E-state index contributed by atoms with van der Waals surface area (Å²) in [5.41, 5.74) is 4.89. The molecule has 0 saturated carbocycles. The summed E-state index contributed by atoms with van der Waals surface area (Å²) in [6, 6.07) is 3.97. The van der Waals surface area contributed by atoms with Gasteiger partial charge in [-0.3, -0.25) is 9.59 Å². The van der Waals surface area contributed by atoms with Gasteiger partial charge in [-0.25, -0.2) is 8.78 Å². The number of nitrogens with two attached hydrogens (primary N) is 1. The Labute approximate surface area is 207 Å². The van der Waals surface area contributed by atoms with Gasteiger partial charge in [-0.2, -0.15) is 8.78 Å². The van der Waals surface area contributed by atoms with Crippen molar-refractivity contribution in [2.24, 2.45) is 10.9 Å². The van der Waals surface area contributed by atoms with Crippen molar-refractivity contribution in [2.75, 3.05) is 13.7 Å². The standard InChI is InChI=1S/C22H21ClF4N4O5/c1-35-30-19(28)14-8-15(24)11(6-16(14)25)9-29-20(33)17-2-3-31(17)21(34)18(32)10-4-12(23)7-13(5-10)36-22(26)27/h4-8,17-18,22,32H,2-3,9H2,1H3,(H2,28,30)(H,29,33)/t17?,18-/m1/s1. The number of amidine groups is 1. The zero-order valence-corrected chi connectivity index (χ0v) is 19.4. The number of halogens is 5. The van der Waals surface area contributed by atoms with Crippen LogP contribution in [0.15, 0.2) is 35.5 Å². The predicted molar refractivity (Wildman–Crippen MR) is 119 cm³/mol. The quantitative estimate of drug-likeness (QED) is 0.197. The molecular formula is C22H21ClF4N4O5. The number of likely N-dealkylation sites (tertiary alicyclic amines) is 1. The average Bonchev–Trinajstić information content (AvgIpc) is 2.77. The van der Waals surface area contributed by atoms with Crippen LogP contribution in [0.3, 0.4) is 0 Å². The summed E-state index contributed by atoms with van der Waals surface area (Å²) in [6.45, 7) is -3.41. The molecule has 1 heterocycles. The molecule has 1 unspecified atom stereocenters. The number of alkyl halides is 2. The van der Waals surface area contributed by atoms with Gasteiger partial charge in [-0.1, -0.05) is 16.8 Å². The van der Waals surface area contributed by atoms with Crippen molar-refractivity contribution >= 4 is 29.3 Å². The van der Waals surface area contributed by atoms with Crippen molar-refractivity contribution in [3.63, 3.8) is 0 Å². The van der Waals surface area contributed by atoms with Crippen molar-refractivity contribution in [2.45, 2.75) is 31.7 Å². The fraction of sp³-hybridized carbons (Fsp3) is 0.318. The van der Waals surface area contributed by atoms with E-state index in [1.807, 2.05) is 0 Å². The Balaban J connectivity index is 1.65. The third-order valence-corrected chi connectivity index (χ3v) is 5.55. The minimum absolute atomic E-state index is 0.0524. The van der Waals surface area contributed by atoms with Gasteiger partial charge in [0.15, 0.2) is 11.9 Å². The molecular weight excluding hydrogens is 512 g/mol. The Hall–Kier alpha value is -3.58. The van der Waals surface area contributed by atoms with Crippen LogP contribution in [-0.2, 0) is 21.0 Å². The number of ether oxygens (including phenoxy) is 1. The number of aliphatic hydroxyl groups excluding tert-OH is 1. The number of carbonyl (C=O) groups excluding carboxylic acids is 2. The molecule has 194 valence electrons. The summed E-state index contributed by atoms with van der Waals surface area (Å²) in [6.07, 6.45) is -1.56. The van der Waals surface area contributed by atoms with Gasteiger partial charge in [0.1, 0.15) is 30.5 Å². The first kappa shape index (κ1) is 27.0.